The number of ether oxygens (including phenoxy) is 1. The fourth-order valence-corrected chi connectivity index (χ4v) is 1.43. The lowest BCUT2D eigenvalue weighted by atomic mass is 10.2. The van der Waals surface area contributed by atoms with E-state index >= 15 is 0 Å². The lowest BCUT2D eigenvalue weighted by Crippen LogP contribution is -2.14. The molecule has 2 nitrogen and oxygen atoms in total. The molecule has 2 heteroatoms. The molecule has 0 unspecified atom stereocenters. The van der Waals surface area contributed by atoms with Crippen LogP contribution in [0.25, 0.3) is 0 Å². The molecule has 0 aliphatic rings. The van der Waals surface area contributed by atoms with Crippen molar-refractivity contribution in [3.05, 3.63) is 54.4 Å². The first-order chi connectivity index (χ1) is 10.1. The van der Waals surface area contributed by atoms with Gasteiger partial charge in [-0.3, -0.25) is 0 Å². The molecule has 0 saturated carbocycles. The van der Waals surface area contributed by atoms with Gasteiger partial charge >= 0.3 is 0 Å². The van der Waals surface area contributed by atoms with Crippen molar-refractivity contribution in [1.82, 2.24) is 5.32 Å². The van der Waals surface area contributed by atoms with Crippen molar-refractivity contribution in [3.8, 4) is 5.75 Å². The highest BCUT2D eigenvalue weighted by atomic mass is 16.5. The highest BCUT2D eigenvalue weighted by Crippen LogP contribution is 2.15. The number of aryl methyl sites for hydroxylation is 1. The quantitative estimate of drug-likeness (QED) is 0.679. The summed E-state index contributed by atoms with van der Waals surface area (Å²) in [6.45, 7) is 18.6. The average Bonchev–Trinajstić information content (AvgIpc) is 2.50. The molecule has 0 fully saturated rings. The molecule has 0 radical (unpaired) electrons. The Hall–Kier alpha value is -1.70. The molecule has 0 atom stereocenters. The predicted molar refractivity (Wildman–Crippen MR) is 95.6 cm³/mol. The van der Waals surface area contributed by atoms with Gasteiger partial charge < -0.3 is 10.1 Å². The maximum absolute atomic E-state index is 5.83. The van der Waals surface area contributed by atoms with Crippen LogP contribution in [-0.4, -0.2) is 6.54 Å². The Morgan fingerprint density at radius 2 is 1.67 bits per heavy atom. The monoisotopic (exact) mass is 291 g/mol. The normalized spacial score (nSPS) is 9.81. The van der Waals surface area contributed by atoms with E-state index in [0.29, 0.717) is 12.5 Å². The summed E-state index contributed by atoms with van der Waals surface area (Å²) in [5.74, 6) is 2.25. The van der Waals surface area contributed by atoms with Crippen LogP contribution in [0.4, 0.5) is 0 Å². The molecule has 0 bridgehead atoms. The van der Waals surface area contributed by atoms with Crippen LogP contribution in [0.1, 0.15) is 47.1 Å². The minimum Gasteiger partial charge on any atom is -0.460 e. The Morgan fingerprint density at radius 3 is 2.10 bits per heavy atom. The first-order valence-electron chi connectivity index (χ1n) is 7.91. The van der Waals surface area contributed by atoms with E-state index in [1.54, 1.807) is 6.20 Å². The Labute approximate surface area is 131 Å². The Bertz CT molecular complexity index is 377. The van der Waals surface area contributed by atoms with E-state index in [2.05, 4.69) is 38.7 Å². The smallest absolute Gasteiger partial charge is 0.127 e. The number of hydrogen-bond acceptors (Lipinski definition) is 2. The zero-order valence-corrected chi connectivity index (χ0v) is 14.9. The minimum atomic E-state index is 0.460. The first kappa shape index (κ1) is 21.6. The van der Waals surface area contributed by atoms with Gasteiger partial charge in [-0.2, -0.15) is 0 Å². The van der Waals surface area contributed by atoms with Crippen molar-refractivity contribution in [2.75, 3.05) is 6.54 Å². The number of rotatable bonds is 6. The van der Waals surface area contributed by atoms with Crippen molar-refractivity contribution >= 4 is 0 Å². The Kier molecular flexibility index (Phi) is 15.1. The fraction of sp³-hybridized carbons (Fsp3) is 0.474. The van der Waals surface area contributed by atoms with Crippen molar-refractivity contribution in [2.24, 2.45) is 5.92 Å². The van der Waals surface area contributed by atoms with Gasteiger partial charge in [0.25, 0.3) is 0 Å². The second-order valence-corrected chi connectivity index (χ2v) is 4.38. The molecule has 0 amide bonds. The summed E-state index contributed by atoms with van der Waals surface area (Å²) in [6.07, 6.45) is 3.78. The van der Waals surface area contributed by atoms with Crippen molar-refractivity contribution in [2.45, 2.75) is 48.5 Å². The van der Waals surface area contributed by atoms with E-state index in [1.807, 2.05) is 52.0 Å². The molecular formula is C19H33NO. The van der Waals surface area contributed by atoms with E-state index in [9.17, 15) is 0 Å². The van der Waals surface area contributed by atoms with Gasteiger partial charge in [-0.1, -0.05) is 65.8 Å². The molecule has 0 spiro atoms. The van der Waals surface area contributed by atoms with Gasteiger partial charge in [-0.05, 0) is 37.3 Å². The summed E-state index contributed by atoms with van der Waals surface area (Å²) < 4.78 is 5.83. The van der Waals surface area contributed by atoms with Crippen LogP contribution < -0.4 is 10.1 Å². The third-order valence-corrected chi connectivity index (χ3v) is 2.21. The summed E-state index contributed by atoms with van der Waals surface area (Å²) in [7, 11) is 0. The van der Waals surface area contributed by atoms with E-state index in [-0.39, 0.29) is 0 Å². The summed E-state index contributed by atoms with van der Waals surface area (Å²) in [6, 6.07) is 8.06. The van der Waals surface area contributed by atoms with Gasteiger partial charge in [0.2, 0.25) is 0 Å². The molecule has 1 aromatic carbocycles. The lowest BCUT2D eigenvalue weighted by molar-refractivity contribution is 0.404. The molecule has 1 N–H and O–H groups in total. The average molecular weight is 291 g/mol. The zero-order valence-electron chi connectivity index (χ0n) is 14.9. The van der Waals surface area contributed by atoms with Crippen LogP contribution in [0.5, 0.6) is 5.75 Å². The molecule has 21 heavy (non-hydrogen) atoms. The summed E-state index contributed by atoms with van der Waals surface area (Å²) in [5.41, 5.74) is 1.23. The van der Waals surface area contributed by atoms with Gasteiger partial charge in [0.15, 0.2) is 0 Å². The molecular weight excluding hydrogens is 258 g/mol. The van der Waals surface area contributed by atoms with Gasteiger partial charge in [-0.25, -0.2) is 0 Å². The number of benzene rings is 1. The zero-order chi connectivity index (χ0) is 16.7. The highest BCUT2D eigenvalue weighted by Gasteiger charge is 2.01. The SMILES string of the molecule is C=CNC/C(=C\C(C)C)Oc1ccc(C)cc1.CC.CC. The summed E-state index contributed by atoms with van der Waals surface area (Å²) in [5, 5.41) is 3.06. The van der Waals surface area contributed by atoms with Crippen molar-refractivity contribution in [3.63, 3.8) is 0 Å². The molecule has 0 aliphatic heterocycles. The third kappa shape index (κ3) is 11.8. The molecule has 0 heterocycles. The molecule has 1 rings (SSSR count). The fourth-order valence-electron chi connectivity index (χ4n) is 1.43. The van der Waals surface area contributed by atoms with Crippen LogP contribution in [-0.2, 0) is 0 Å². The Balaban J connectivity index is 0. The van der Waals surface area contributed by atoms with Crippen LogP contribution in [0.15, 0.2) is 48.9 Å². The first-order valence-corrected chi connectivity index (χ1v) is 7.91. The van der Waals surface area contributed by atoms with Crippen molar-refractivity contribution in [1.29, 1.82) is 0 Å². The lowest BCUT2D eigenvalue weighted by Gasteiger charge is -2.11. The predicted octanol–water partition coefficient (Wildman–Crippen LogP) is 5.70. The van der Waals surface area contributed by atoms with E-state index < -0.39 is 0 Å². The maximum Gasteiger partial charge on any atom is 0.127 e. The standard InChI is InChI=1S/C15H21NO.2C2H6/c1-5-16-11-15(10-12(2)3)17-14-8-6-13(4)7-9-14;2*1-2/h5-10,12,16H,1,11H2,2-4H3;2*1-2H3/b15-10+;;. The number of hydrogen-bond donors (Lipinski definition) is 1. The van der Waals surface area contributed by atoms with Crippen LogP contribution in [0, 0.1) is 12.8 Å². The van der Waals surface area contributed by atoms with Gasteiger partial charge in [0.05, 0.1) is 6.54 Å². The second kappa shape index (κ2) is 14.7. The van der Waals surface area contributed by atoms with Crippen LogP contribution in [0.2, 0.25) is 0 Å². The summed E-state index contributed by atoms with van der Waals surface area (Å²) >= 11 is 0. The molecule has 0 saturated heterocycles. The maximum atomic E-state index is 5.83. The van der Waals surface area contributed by atoms with Crippen LogP contribution >= 0.6 is 0 Å². The van der Waals surface area contributed by atoms with E-state index in [0.717, 1.165) is 11.5 Å². The molecule has 0 aliphatic carbocycles. The molecule has 0 aromatic heterocycles. The van der Waals surface area contributed by atoms with Gasteiger partial charge in [0.1, 0.15) is 11.5 Å². The molecule has 120 valence electrons. The van der Waals surface area contributed by atoms with Gasteiger partial charge in [0, 0.05) is 0 Å². The third-order valence-electron chi connectivity index (χ3n) is 2.21. The topological polar surface area (TPSA) is 21.3 Å². The molecule has 1 aromatic rings. The van der Waals surface area contributed by atoms with Crippen LogP contribution in [0.3, 0.4) is 0 Å². The Morgan fingerprint density at radius 1 is 1.14 bits per heavy atom. The highest BCUT2D eigenvalue weighted by molar-refractivity contribution is 5.28. The van der Waals surface area contributed by atoms with E-state index in [4.69, 9.17) is 4.74 Å². The number of nitrogens with one attached hydrogen (secondary N) is 1. The number of allylic oxidation sites excluding steroid dienone is 1. The largest absolute Gasteiger partial charge is 0.460 e. The summed E-state index contributed by atoms with van der Waals surface area (Å²) in [4.78, 5) is 0. The van der Waals surface area contributed by atoms with Gasteiger partial charge in [-0.15, -0.1) is 0 Å². The minimum absolute atomic E-state index is 0.460. The van der Waals surface area contributed by atoms with E-state index in [1.165, 1.54) is 5.56 Å². The second-order valence-electron chi connectivity index (χ2n) is 4.38. The van der Waals surface area contributed by atoms with Crippen molar-refractivity contribution < 1.29 is 4.74 Å².